The molecule has 1 aromatic heterocycles. The highest BCUT2D eigenvalue weighted by Gasteiger charge is 2.32. The van der Waals surface area contributed by atoms with E-state index in [2.05, 4.69) is 10.4 Å². The first-order chi connectivity index (χ1) is 16.6. The number of carbonyl (C=O) groups excluding carboxylic acids is 2. The number of carbonyl (C=O) groups is 2. The SMILES string of the molecule is CCOC(=O)c1nn(-c2cccc(C(=O)NC3CCOCC3)c2)c2c1CS(=O)c1ccccc1-2. The minimum absolute atomic E-state index is 0.0830. The van der Waals surface area contributed by atoms with Crippen molar-refractivity contribution in [2.45, 2.75) is 36.5 Å². The summed E-state index contributed by atoms with van der Waals surface area (Å²) in [5.41, 5.74) is 3.32. The smallest absolute Gasteiger partial charge is 0.359 e. The molecule has 176 valence electrons. The largest absolute Gasteiger partial charge is 0.461 e. The van der Waals surface area contributed by atoms with Crippen LogP contribution in [0.25, 0.3) is 16.9 Å². The molecule has 1 N–H and O–H groups in total. The van der Waals surface area contributed by atoms with Crippen LogP contribution < -0.4 is 5.32 Å². The van der Waals surface area contributed by atoms with Crippen molar-refractivity contribution in [3.05, 3.63) is 65.4 Å². The van der Waals surface area contributed by atoms with Crippen LogP contribution in [0.2, 0.25) is 0 Å². The summed E-state index contributed by atoms with van der Waals surface area (Å²) in [6.45, 7) is 3.22. The van der Waals surface area contributed by atoms with Gasteiger partial charge in [-0.1, -0.05) is 24.3 Å². The van der Waals surface area contributed by atoms with E-state index in [9.17, 15) is 13.8 Å². The average Bonchev–Trinajstić information content (AvgIpc) is 3.25. The van der Waals surface area contributed by atoms with E-state index < -0.39 is 16.8 Å². The van der Waals surface area contributed by atoms with Gasteiger partial charge < -0.3 is 14.8 Å². The standard InChI is InChI=1S/C25H25N3O5S/c1-2-33-25(30)22-20-15-34(31)21-9-4-3-8-19(21)23(20)28(27-22)18-7-5-6-16(14-18)24(29)26-17-10-12-32-13-11-17/h3-9,14,17H,2,10-13,15H2,1H3,(H,26,29). The van der Waals surface area contributed by atoms with E-state index in [0.717, 1.165) is 18.4 Å². The molecule has 1 amide bonds. The molecular weight excluding hydrogens is 454 g/mol. The molecule has 0 aliphatic carbocycles. The first-order valence-electron chi connectivity index (χ1n) is 11.3. The molecule has 0 spiro atoms. The van der Waals surface area contributed by atoms with E-state index in [4.69, 9.17) is 9.47 Å². The van der Waals surface area contributed by atoms with Gasteiger partial charge in [-0.05, 0) is 44.0 Å². The number of ether oxygens (including phenoxy) is 2. The Morgan fingerprint density at radius 1 is 1.18 bits per heavy atom. The molecule has 2 aliphatic heterocycles. The third kappa shape index (κ3) is 4.17. The molecule has 0 radical (unpaired) electrons. The van der Waals surface area contributed by atoms with Gasteiger partial charge in [0.25, 0.3) is 5.91 Å². The van der Waals surface area contributed by atoms with Gasteiger partial charge in [0.2, 0.25) is 0 Å². The predicted octanol–water partition coefficient (Wildman–Crippen LogP) is 3.25. The summed E-state index contributed by atoms with van der Waals surface area (Å²) in [7, 11) is -1.30. The fourth-order valence-electron chi connectivity index (χ4n) is 4.37. The molecule has 2 aromatic carbocycles. The van der Waals surface area contributed by atoms with E-state index in [0.29, 0.717) is 40.6 Å². The second-order valence-corrected chi connectivity index (χ2v) is 9.62. The van der Waals surface area contributed by atoms with Crippen molar-refractivity contribution in [3.8, 4) is 16.9 Å². The van der Waals surface area contributed by atoms with Crippen LogP contribution in [0.5, 0.6) is 0 Å². The molecule has 1 atom stereocenters. The Bertz CT molecular complexity index is 1280. The molecule has 2 aliphatic rings. The highest BCUT2D eigenvalue weighted by Crippen LogP contribution is 2.39. The second kappa shape index (κ2) is 9.52. The number of aromatic nitrogens is 2. The van der Waals surface area contributed by atoms with Crippen molar-refractivity contribution >= 4 is 22.7 Å². The summed E-state index contributed by atoms with van der Waals surface area (Å²) in [5, 5.41) is 7.66. The Morgan fingerprint density at radius 3 is 2.76 bits per heavy atom. The van der Waals surface area contributed by atoms with Crippen LogP contribution in [0.4, 0.5) is 0 Å². The summed E-state index contributed by atoms with van der Waals surface area (Å²) in [5.74, 6) is -0.547. The molecule has 9 heteroatoms. The summed E-state index contributed by atoms with van der Waals surface area (Å²) >= 11 is 0. The van der Waals surface area contributed by atoms with Gasteiger partial charge in [-0.3, -0.25) is 9.00 Å². The van der Waals surface area contributed by atoms with Crippen LogP contribution in [0, 0.1) is 0 Å². The van der Waals surface area contributed by atoms with Gasteiger partial charge in [0.05, 0.1) is 34.5 Å². The number of nitrogens with one attached hydrogen (secondary N) is 1. The Kier molecular flexibility index (Phi) is 6.30. The molecule has 3 aromatic rings. The van der Waals surface area contributed by atoms with Crippen LogP contribution in [-0.4, -0.2) is 51.7 Å². The fraction of sp³-hybridized carbons (Fsp3) is 0.320. The van der Waals surface area contributed by atoms with Crippen LogP contribution in [0.1, 0.15) is 46.2 Å². The third-order valence-electron chi connectivity index (χ3n) is 6.02. The summed E-state index contributed by atoms with van der Waals surface area (Å²) in [4.78, 5) is 26.3. The third-order valence-corrected chi connectivity index (χ3v) is 7.42. The van der Waals surface area contributed by atoms with E-state index in [-0.39, 0.29) is 30.0 Å². The number of hydrogen-bond acceptors (Lipinski definition) is 6. The number of amides is 1. The topological polar surface area (TPSA) is 99.5 Å². The van der Waals surface area contributed by atoms with Gasteiger partial charge in [0.1, 0.15) is 0 Å². The van der Waals surface area contributed by atoms with E-state index >= 15 is 0 Å². The van der Waals surface area contributed by atoms with Gasteiger partial charge in [-0.15, -0.1) is 0 Å². The summed E-state index contributed by atoms with van der Waals surface area (Å²) < 4.78 is 25.2. The Labute approximate surface area is 199 Å². The fourth-order valence-corrected chi connectivity index (χ4v) is 5.70. The highest BCUT2D eigenvalue weighted by molar-refractivity contribution is 7.84. The first-order valence-corrected chi connectivity index (χ1v) is 12.6. The van der Waals surface area contributed by atoms with E-state index in [1.165, 1.54) is 0 Å². The molecule has 1 fully saturated rings. The van der Waals surface area contributed by atoms with Crippen LogP contribution >= 0.6 is 0 Å². The number of nitrogens with zero attached hydrogens (tertiary/aromatic N) is 2. The lowest BCUT2D eigenvalue weighted by molar-refractivity contribution is 0.0517. The van der Waals surface area contributed by atoms with Gasteiger partial charge in [-0.25, -0.2) is 9.48 Å². The van der Waals surface area contributed by atoms with Crippen molar-refractivity contribution < 1.29 is 23.3 Å². The van der Waals surface area contributed by atoms with E-state index in [1.807, 2.05) is 30.3 Å². The van der Waals surface area contributed by atoms with Crippen LogP contribution in [-0.2, 0) is 26.0 Å². The normalized spacial score (nSPS) is 17.5. The van der Waals surface area contributed by atoms with Gasteiger partial charge in [0.15, 0.2) is 5.69 Å². The minimum atomic E-state index is -1.30. The van der Waals surface area contributed by atoms with Crippen molar-refractivity contribution in [1.82, 2.24) is 15.1 Å². The lowest BCUT2D eigenvalue weighted by Crippen LogP contribution is -2.38. The monoisotopic (exact) mass is 479 g/mol. The highest BCUT2D eigenvalue weighted by atomic mass is 32.2. The van der Waals surface area contributed by atoms with Crippen LogP contribution in [0.15, 0.2) is 53.4 Å². The van der Waals surface area contributed by atoms with E-state index in [1.54, 1.807) is 29.8 Å². The Morgan fingerprint density at radius 2 is 1.97 bits per heavy atom. The molecule has 3 heterocycles. The van der Waals surface area contributed by atoms with Crippen molar-refractivity contribution in [2.24, 2.45) is 0 Å². The molecule has 0 saturated carbocycles. The zero-order valence-electron chi connectivity index (χ0n) is 18.8. The lowest BCUT2D eigenvalue weighted by Gasteiger charge is -2.23. The Balaban J connectivity index is 1.58. The zero-order chi connectivity index (χ0) is 23.7. The molecule has 1 saturated heterocycles. The first kappa shape index (κ1) is 22.5. The maximum atomic E-state index is 12.9. The number of fused-ring (bicyclic) bond motifs is 3. The minimum Gasteiger partial charge on any atom is -0.461 e. The number of esters is 1. The molecule has 1 unspecified atom stereocenters. The molecule has 5 rings (SSSR count). The maximum absolute atomic E-state index is 12.9. The second-order valence-electron chi connectivity index (χ2n) is 8.20. The lowest BCUT2D eigenvalue weighted by atomic mass is 10.1. The Hall–Kier alpha value is -3.30. The molecular formula is C25H25N3O5S. The number of rotatable bonds is 5. The van der Waals surface area contributed by atoms with Crippen molar-refractivity contribution in [1.29, 1.82) is 0 Å². The molecule has 0 bridgehead atoms. The van der Waals surface area contributed by atoms with Gasteiger partial charge in [0, 0.05) is 40.8 Å². The average molecular weight is 480 g/mol. The maximum Gasteiger partial charge on any atom is 0.359 e. The summed E-state index contributed by atoms with van der Waals surface area (Å²) in [6, 6.07) is 14.6. The molecule has 8 nitrogen and oxygen atoms in total. The zero-order valence-corrected chi connectivity index (χ0v) is 19.6. The number of hydrogen-bond donors (Lipinski definition) is 1. The number of benzene rings is 2. The quantitative estimate of drug-likeness (QED) is 0.564. The molecule has 34 heavy (non-hydrogen) atoms. The van der Waals surface area contributed by atoms with Gasteiger partial charge in [-0.2, -0.15) is 5.10 Å². The summed E-state index contributed by atoms with van der Waals surface area (Å²) in [6.07, 6.45) is 1.57. The van der Waals surface area contributed by atoms with Gasteiger partial charge >= 0.3 is 5.97 Å². The predicted molar refractivity (Wildman–Crippen MR) is 126 cm³/mol. The van der Waals surface area contributed by atoms with Crippen LogP contribution in [0.3, 0.4) is 0 Å². The van der Waals surface area contributed by atoms with Crippen molar-refractivity contribution in [2.75, 3.05) is 19.8 Å². The van der Waals surface area contributed by atoms with Crippen molar-refractivity contribution in [3.63, 3.8) is 0 Å².